The Morgan fingerprint density at radius 2 is 1.91 bits per heavy atom. The van der Waals surface area contributed by atoms with E-state index in [1.165, 1.54) is 25.3 Å². The number of pyridine rings is 1. The number of benzene rings is 1. The molecule has 1 atom stereocenters. The molecule has 1 aromatic heterocycles. The summed E-state index contributed by atoms with van der Waals surface area (Å²) >= 11 is 0. The standard InChI is InChI=1S/C18H20N2O3/c1-22-16-10-9-15(18(20-16)23-2)17(21)19-14-8-7-12-5-3-4-6-13(12)11-14/h3-6,9-10,14H,7-8,11H2,1-2H3,(H,19,21)/t14-/m0/s1. The van der Waals surface area contributed by atoms with Crippen molar-refractivity contribution in [1.29, 1.82) is 0 Å². The number of hydrogen-bond acceptors (Lipinski definition) is 4. The van der Waals surface area contributed by atoms with Crippen LogP contribution in [0.5, 0.6) is 11.8 Å². The summed E-state index contributed by atoms with van der Waals surface area (Å²) < 4.78 is 10.3. The van der Waals surface area contributed by atoms with Crippen molar-refractivity contribution in [2.45, 2.75) is 25.3 Å². The Morgan fingerprint density at radius 3 is 2.65 bits per heavy atom. The van der Waals surface area contributed by atoms with Gasteiger partial charge in [0.1, 0.15) is 5.56 Å². The highest BCUT2D eigenvalue weighted by molar-refractivity contribution is 5.96. The number of rotatable bonds is 4. The molecule has 2 aromatic rings. The van der Waals surface area contributed by atoms with Crippen LogP contribution in [-0.2, 0) is 12.8 Å². The number of amides is 1. The molecule has 1 aliphatic carbocycles. The SMILES string of the molecule is COc1ccc(C(=O)N[C@H]2CCc3ccccc3C2)c(OC)n1. The highest BCUT2D eigenvalue weighted by Crippen LogP contribution is 2.23. The molecule has 0 saturated heterocycles. The van der Waals surface area contributed by atoms with E-state index in [0.29, 0.717) is 11.4 Å². The minimum absolute atomic E-state index is 0.129. The Hall–Kier alpha value is -2.56. The van der Waals surface area contributed by atoms with E-state index in [-0.39, 0.29) is 17.8 Å². The lowest BCUT2D eigenvalue weighted by Gasteiger charge is -2.25. The zero-order chi connectivity index (χ0) is 16.2. The van der Waals surface area contributed by atoms with Crippen molar-refractivity contribution in [3.05, 3.63) is 53.1 Å². The van der Waals surface area contributed by atoms with E-state index < -0.39 is 0 Å². The summed E-state index contributed by atoms with van der Waals surface area (Å²) in [5.74, 6) is 0.532. The third-order valence-corrected chi connectivity index (χ3v) is 4.16. The van der Waals surface area contributed by atoms with Gasteiger partial charge in [0.05, 0.1) is 14.2 Å². The minimum Gasteiger partial charge on any atom is -0.481 e. The summed E-state index contributed by atoms with van der Waals surface area (Å²) in [5, 5.41) is 3.09. The zero-order valence-electron chi connectivity index (χ0n) is 13.3. The summed E-state index contributed by atoms with van der Waals surface area (Å²) in [7, 11) is 3.02. The maximum absolute atomic E-state index is 12.5. The van der Waals surface area contributed by atoms with Crippen LogP contribution in [0.3, 0.4) is 0 Å². The number of carbonyl (C=O) groups excluding carboxylic acids is 1. The molecule has 1 N–H and O–H groups in total. The highest BCUT2D eigenvalue weighted by atomic mass is 16.5. The van der Waals surface area contributed by atoms with Crippen LogP contribution in [0.4, 0.5) is 0 Å². The van der Waals surface area contributed by atoms with Gasteiger partial charge in [0, 0.05) is 12.1 Å². The Morgan fingerprint density at radius 1 is 1.13 bits per heavy atom. The van der Waals surface area contributed by atoms with E-state index in [9.17, 15) is 4.79 Å². The van der Waals surface area contributed by atoms with E-state index in [4.69, 9.17) is 9.47 Å². The fourth-order valence-corrected chi connectivity index (χ4v) is 2.95. The Kier molecular flexibility index (Phi) is 4.46. The number of nitrogens with one attached hydrogen (secondary N) is 1. The topological polar surface area (TPSA) is 60.5 Å². The number of ether oxygens (including phenoxy) is 2. The van der Waals surface area contributed by atoms with E-state index in [1.807, 2.05) is 6.07 Å². The molecule has 23 heavy (non-hydrogen) atoms. The smallest absolute Gasteiger partial charge is 0.257 e. The largest absolute Gasteiger partial charge is 0.481 e. The quantitative estimate of drug-likeness (QED) is 0.941. The molecular formula is C18H20N2O3. The zero-order valence-corrected chi connectivity index (χ0v) is 13.3. The van der Waals surface area contributed by atoms with Crippen molar-refractivity contribution in [2.75, 3.05) is 14.2 Å². The normalized spacial score (nSPS) is 16.3. The fourth-order valence-electron chi connectivity index (χ4n) is 2.95. The number of methoxy groups -OCH3 is 2. The first-order valence-electron chi connectivity index (χ1n) is 7.68. The Bertz CT molecular complexity index is 715. The second kappa shape index (κ2) is 6.69. The van der Waals surface area contributed by atoms with Crippen LogP contribution in [0.25, 0.3) is 0 Å². The second-order valence-electron chi connectivity index (χ2n) is 5.59. The predicted octanol–water partition coefficient (Wildman–Crippen LogP) is 2.39. The lowest BCUT2D eigenvalue weighted by molar-refractivity contribution is 0.0929. The summed E-state index contributed by atoms with van der Waals surface area (Å²) in [5.41, 5.74) is 3.11. The van der Waals surface area contributed by atoms with Crippen LogP contribution >= 0.6 is 0 Å². The van der Waals surface area contributed by atoms with Crippen LogP contribution in [0.15, 0.2) is 36.4 Å². The number of nitrogens with zero attached hydrogens (tertiary/aromatic N) is 1. The molecule has 0 bridgehead atoms. The number of aryl methyl sites for hydroxylation is 1. The van der Waals surface area contributed by atoms with Gasteiger partial charge in [-0.15, -0.1) is 0 Å². The van der Waals surface area contributed by atoms with Gasteiger partial charge in [0.2, 0.25) is 11.8 Å². The van der Waals surface area contributed by atoms with Crippen LogP contribution < -0.4 is 14.8 Å². The van der Waals surface area contributed by atoms with Crippen molar-refractivity contribution in [2.24, 2.45) is 0 Å². The molecule has 0 fully saturated rings. The summed E-state index contributed by atoms with van der Waals surface area (Å²) in [4.78, 5) is 16.7. The average molecular weight is 312 g/mol. The Balaban J connectivity index is 1.73. The molecule has 0 saturated carbocycles. The Labute approximate surface area is 135 Å². The van der Waals surface area contributed by atoms with Crippen molar-refractivity contribution in [3.8, 4) is 11.8 Å². The van der Waals surface area contributed by atoms with Gasteiger partial charge >= 0.3 is 0 Å². The van der Waals surface area contributed by atoms with Gasteiger partial charge in [0.15, 0.2) is 0 Å². The monoisotopic (exact) mass is 312 g/mol. The van der Waals surface area contributed by atoms with Gasteiger partial charge in [-0.3, -0.25) is 4.79 Å². The van der Waals surface area contributed by atoms with E-state index >= 15 is 0 Å². The number of fused-ring (bicyclic) bond motifs is 1. The van der Waals surface area contributed by atoms with Gasteiger partial charge in [-0.05, 0) is 36.5 Å². The van der Waals surface area contributed by atoms with Gasteiger partial charge in [0.25, 0.3) is 5.91 Å². The molecule has 120 valence electrons. The lowest BCUT2D eigenvalue weighted by Crippen LogP contribution is -2.39. The van der Waals surface area contributed by atoms with Gasteiger partial charge in [-0.1, -0.05) is 24.3 Å². The van der Waals surface area contributed by atoms with Crippen molar-refractivity contribution < 1.29 is 14.3 Å². The molecule has 1 amide bonds. The maximum Gasteiger partial charge on any atom is 0.257 e. The van der Waals surface area contributed by atoms with Crippen LogP contribution in [0.2, 0.25) is 0 Å². The first-order valence-corrected chi connectivity index (χ1v) is 7.68. The molecule has 5 nitrogen and oxygen atoms in total. The van der Waals surface area contributed by atoms with Crippen LogP contribution in [0, 0.1) is 0 Å². The van der Waals surface area contributed by atoms with Crippen LogP contribution in [-0.4, -0.2) is 31.2 Å². The van der Waals surface area contributed by atoms with E-state index in [1.54, 1.807) is 12.1 Å². The summed E-state index contributed by atoms with van der Waals surface area (Å²) in [6.07, 6.45) is 2.78. The summed E-state index contributed by atoms with van der Waals surface area (Å²) in [6, 6.07) is 11.9. The van der Waals surface area contributed by atoms with Gasteiger partial charge in [-0.25, -0.2) is 0 Å². The molecule has 0 spiro atoms. The average Bonchev–Trinajstić information content (AvgIpc) is 2.60. The van der Waals surface area contributed by atoms with E-state index in [2.05, 4.69) is 28.5 Å². The first kappa shape index (κ1) is 15.3. The van der Waals surface area contributed by atoms with Crippen molar-refractivity contribution in [3.63, 3.8) is 0 Å². The van der Waals surface area contributed by atoms with Gasteiger partial charge in [-0.2, -0.15) is 4.98 Å². The van der Waals surface area contributed by atoms with Crippen molar-refractivity contribution >= 4 is 5.91 Å². The molecular weight excluding hydrogens is 292 g/mol. The minimum atomic E-state index is -0.165. The van der Waals surface area contributed by atoms with Gasteiger partial charge < -0.3 is 14.8 Å². The fraction of sp³-hybridized carbons (Fsp3) is 0.333. The molecule has 3 rings (SSSR count). The second-order valence-corrected chi connectivity index (χ2v) is 5.59. The number of aromatic nitrogens is 1. The lowest BCUT2D eigenvalue weighted by atomic mass is 9.88. The molecule has 1 heterocycles. The van der Waals surface area contributed by atoms with Crippen molar-refractivity contribution in [1.82, 2.24) is 10.3 Å². The third kappa shape index (κ3) is 3.28. The van der Waals surface area contributed by atoms with Crippen LogP contribution in [0.1, 0.15) is 27.9 Å². The molecule has 0 aliphatic heterocycles. The first-order chi connectivity index (χ1) is 11.2. The predicted molar refractivity (Wildman–Crippen MR) is 87.1 cm³/mol. The van der Waals surface area contributed by atoms with E-state index in [0.717, 1.165) is 19.3 Å². The molecule has 0 unspecified atom stereocenters. The highest BCUT2D eigenvalue weighted by Gasteiger charge is 2.22. The third-order valence-electron chi connectivity index (χ3n) is 4.16. The maximum atomic E-state index is 12.5. The molecule has 0 radical (unpaired) electrons. The number of carbonyl (C=O) groups is 1. The molecule has 5 heteroatoms. The molecule has 1 aromatic carbocycles. The molecule has 1 aliphatic rings. The number of hydrogen-bond donors (Lipinski definition) is 1. The summed E-state index contributed by atoms with van der Waals surface area (Å²) in [6.45, 7) is 0.